The van der Waals surface area contributed by atoms with Gasteiger partial charge < -0.3 is 21.3 Å². The monoisotopic (exact) mass is 436 g/mol. The van der Waals surface area contributed by atoms with Gasteiger partial charge in [-0.25, -0.2) is 9.97 Å². The van der Waals surface area contributed by atoms with Crippen LogP contribution >= 0.6 is 11.3 Å². The predicted molar refractivity (Wildman–Crippen MR) is 126 cm³/mol. The summed E-state index contributed by atoms with van der Waals surface area (Å²) in [6, 6.07) is 4.80. The molecule has 1 amide bonds. The molecule has 31 heavy (non-hydrogen) atoms. The average molecular weight is 437 g/mol. The minimum absolute atomic E-state index is 0.108. The van der Waals surface area contributed by atoms with Crippen LogP contribution in [0.15, 0.2) is 18.3 Å². The van der Waals surface area contributed by atoms with Crippen LogP contribution in [0, 0.1) is 13.8 Å². The molecule has 8 heteroatoms. The first-order valence-electron chi connectivity index (χ1n) is 10.9. The van der Waals surface area contributed by atoms with Crippen molar-refractivity contribution in [3.8, 4) is 0 Å². The average Bonchev–Trinajstić information content (AvgIpc) is 3.09. The van der Waals surface area contributed by atoms with E-state index in [0.717, 1.165) is 51.1 Å². The highest BCUT2D eigenvalue weighted by Crippen LogP contribution is 2.33. The second-order valence-electron chi connectivity index (χ2n) is 8.57. The summed E-state index contributed by atoms with van der Waals surface area (Å²) in [6.07, 6.45) is 4.44. The van der Waals surface area contributed by atoms with Gasteiger partial charge in [0.15, 0.2) is 0 Å². The standard InChI is InChI=1S/C23H28N6OS/c1-13-9-16-10-17(4-3-15(16)11-18(13)29-7-5-25-6-8-29)28-22(30)21-19(24)20-23(31-21)27-14(2)12-26-20/h9,11-12,17,25H,3-8,10,24H2,1-2H3,(H,28,30)/t17-/m1/s1. The molecule has 1 aromatic carbocycles. The van der Waals surface area contributed by atoms with Gasteiger partial charge in [0.25, 0.3) is 5.91 Å². The fourth-order valence-electron chi connectivity index (χ4n) is 4.68. The number of carbonyl (C=O) groups excluding carboxylic acids is 1. The summed E-state index contributed by atoms with van der Waals surface area (Å²) in [5, 5.41) is 6.63. The van der Waals surface area contributed by atoms with Crippen molar-refractivity contribution in [1.29, 1.82) is 0 Å². The Morgan fingerprint density at radius 3 is 2.87 bits per heavy atom. The van der Waals surface area contributed by atoms with Gasteiger partial charge in [-0.1, -0.05) is 6.07 Å². The van der Waals surface area contributed by atoms with Gasteiger partial charge in [0.05, 0.1) is 11.4 Å². The first kappa shape index (κ1) is 20.2. The Kier molecular flexibility index (Phi) is 5.27. The van der Waals surface area contributed by atoms with E-state index in [-0.39, 0.29) is 11.9 Å². The fourth-order valence-corrected chi connectivity index (χ4v) is 5.68. The highest BCUT2D eigenvalue weighted by atomic mass is 32.1. The molecule has 2 aromatic heterocycles. The van der Waals surface area contributed by atoms with Crippen LogP contribution in [0.5, 0.6) is 0 Å². The van der Waals surface area contributed by atoms with Crippen molar-refractivity contribution in [2.24, 2.45) is 0 Å². The zero-order chi connectivity index (χ0) is 21.5. The van der Waals surface area contributed by atoms with Gasteiger partial charge in [-0.3, -0.25) is 4.79 Å². The van der Waals surface area contributed by atoms with E-state index in [4.69, 9.17) is 5.73 Å². The number of benzene rings is 1. The van der Waals surface area contributed by atoms with E-state index in [2.05, 4.69) is 44.6 Å². The minimum atomic E-state index is -0.123. The minimum Gasteiger partial charge on any atom is -0.396 e. The zero-order valence-electron chi connectivity index (χ0n) is 18.0. The van der Waals surface area contributed by atoms with E-state index in [9.17, 15) is 4.79 Å². The number of thiophene rings is 1. The molecule has 3 heterocycles. The molecule has 1 aliphatic heterocycles. The Morgan fingerprint density at radius 1 is 1.26 bits per heavy atom. The molecule has 1 atom stereocenters. The van der Waals surface area contributed by atoms with Gasteiger partial charge in [0.2, 0.25) is 0 Å². The number of rotatable bonds is 3. The molecule has 3 aromatic rings. The fraction of sp³-hybridized carbons (Fsp3) is 0.435. The second-order valence-corrected chi connectivity index (χ2v) is 9.57. The molecule has 0 spiro atoms. The third-order valence-electron chi connectivity index (χ3n) is 6.31. The van der Waals surface area contributed by atoms with Crippen LogP contribution < -0.4 is 21.3 Å². The molecule has 162 valence electrons. The number of aromatic nitrogens is 2. The Bertz CT molecular complexity index is 1150. The van der Waals surface area contributed by atoms with Crippen LogP contribution in [0.3, 0.4) is 0 Å². The molecule has 1 aliphatic carbocycles. The molecule has 1 fully saturated rings. The van der Waals surface area contributed by atoms with E-state index < -0.39 is 0 Å². The molecule has 0 unspecified atom stereocenters. The lowest BCUT2D eigenvalue weighted by Gasteiger charge is -2.33. The van der Waals surface area contributed by atoms with Crippen molar-refractivity contribution in [1.82, 2.24) is 20.6 Å². The molecule has 1 saturated heterocycles. The van der Waals surface area contributed by atoms with Gasteiger partial charge >= 0.3 is 0 Å². The van der Waals surface area contributed by atoms with E-state index in [1.165, 1.54) is 33.7 Å². The molecule has 0 bridgehead atoms. The molecule has 0 radical (unpaired) electrons. The molecule has 0 saturated carbocycles. The van der Waals surface area contributed by atoms with Gasteiger partial charge in [-0.05, 0) is 55.9 Å². The number of carbonyl (C=O) groups is 1. The lowest BCUT2D eigenvalue weighted by molar-refractivity contribution is 0.0938. The summed E-state index contributed by atoms with van der Waals surface area (Å²) in [7, 11) is 0. The number of fused-ring (bicyclic) bond motifs is 2. The van der Waals surface area contributed by atoms with Crippen molar-refractivity contribution in [3.63, 3.8) is 0 Å². The van der Waals surface area contributed by atoms with E-state index in [1.807, 2.05) is 6.92 Å². The summed E-state index contributed by atoms with van der Waals surface area (Å²) in [6.45, 7) is 8.26. The number of nitrogen functional groups attached to an aromatic ring is 1. The number of amides is 1. The van der Waals surface area contributed by atoms with Crippen molar-refractivity contribution in [3.05, 3.63) is 45.6 Å². The molecule has 7 nitrogen and oxygen atoms in total. The van der Waals surface area contributed by atoms with E-state index >= 15 is 0 Å². The molecule has 4 N–H and O–H groups in total. The maximum Gasteiger partial charge on any atom is 0.263 e. The van der Waals surface area contributed by atoms with Crippen molar-refractivity contribution in [2.75, 3.05) is 36.8 Å². The number of aryl methyl sites for hydroxylation is 3. The molecular formula is C23H28N6OS. The lowest BCUT2D eigenvalue weighted by atomic mass is 9.86. The first-order valence-corrected chi connectivity index (χ1v) is 11.7. The SMILES string of the molecule is Cc1cnc2c(N)c(C(=O)N[C@@H]3CCc4cc(N5CCNCC5)c(C)cc4C3)sc2n1. The largest absolute Gasteiger partial charge is 0.396 e. The van der Waals surface area contributed by atoms with Gasteiger partial charge in [0.1, 0.15) is 15.2 Å². The smallest absolute Gasteiger partial charge is 0.263 e. The Labute approximate surface area is 186 Å². The molecular weight excluding hydrogens is 408 g/mol. The third-order valence-corrected chi connectivity index (χ3v) is 7.39. The normalized spacial score (nSPS) is 18.8. The van der Waals surface area contributed by atoms with Crippen molar-refractivity contribution >= 4 is 39.0 Å². The third kappa shape index (κ3) is 3.85. The summed E-state index contributed by atoms with van der Waals surface area (Å²) in [4.78, 5) is 25.5. The topological polar surface area (TPSA) is 96.2 Å². The van der Waals surface area contributed by atoms with Gasteiger partial charge in [-0.2, -0.15) is 0 Å². The van der Waals surface area contributed by atoms with Crippen LogP contribution in [0.2, 0.25) is 0 Å². The Hall–Kier alpha value is -2.71. The Morgan fingerprint density at radius 2 is 2.06 bits per heavy atom. The maximum absolute atomic E-state index is 13.0. The lowest BCUT2D eigenvalue weighted by Crippen LogP contribution is -2.44. The van der Waals surface area contributed by atoms with Crippen molar-refractivity contribution < 1.29 is 4.79 Å². The quantitative estimate of drug-likeness (QED) is 0.584. The number of hydrogen-bond acceptors (Lipinski definition) is 7. The van der Waals surface area contributed by atoms with Crippen LogP contribution in [0.4, 0.5) is 11.4 Å². The Balaban J connectivity index is 1.32. The van der Waals surface area contributed by atoms with E-state index in [0.29, 0.717) is 20.9 Å². The van der Waals surface area contributed by atoms with Crippen LogP contribution in [0.1, 0.15) is 38.5 Å². The van der Waals surface area contributed by atoms with Gasteiger partial charge in [0, 0.05) is 44.1 Å². The van der Waals surface area contributed by atoms with Crippen LogP contribution in [-0.2, 0) is 12.8 Å². The molecule has 2 aliphatic rings. The van der Waals surface area contributed by atoms with Crippen LogP contribution in [-0.4, -0.2) is 48.1 Å². The number of nitrogens with zero attached hydrogens (tertiary/aromatic N) is 3. The highest BCUT2D eigenvalue weighted by Gasteiger charge is 2.25. The summed E-state index contributed by atoms with van der Waals surface area (Å²) in [5.74, 6) is -0.123. The summed E-state index contributed by atoms with van der Waals surface area (Å²) in [5.41, 5.74) is 13.5. The second kappa shape index (κ2) is 8.09. The maximum atomic E-state index is 13.0. The summed E-state index contributed by atoms with van der Waals surface area (Å²) >= 11 is 1.32. The number of hydrogen-bond donors (Lipinski definition) is 3. The summed E-state index contributed by atoms with van der Waals surface area (Å²) < 4.78 is 0. The number of nitrogens with two attached hydrogens (primary N) is 1. The zero-order valence-corrected chi connectivity index (χ0v) is 18.8. The van der Waals surface area contributed by atoms with Gasteiger partial charge in [-0.15, -0.1) is 11.3 Å². The van der Waals surface area contributed by atoms with Crippen LogP contribution in [0.25, 0.3) is 10.3 Å². The number of piperazine rings is 1. The molecule has 5 rings (SSSR count). The number of anilines is 2. The highest BCUT2D eigenvalue weighted by molar-refractivity contribution is 7.21. The number of nitrogens with one attached hydrogen (secondary N) is 2. The van der Waals surface area contributed by atoms with E-state index in [1.54, 1.807) is 6.20 Å². The first-order chi connectivity index (χ1) is 15.0. The van der Waals surface area contributed by atoms with Crippen molar-refractivity contribution in [2.45, 2.75) is 39.2 Å². The predicted octanol–water partition coefficient (Wildman–Crippen LogP) is 2.59.